The van der Waals surface area contributed by atoms with E-state index in [0.717, 1.165) is 29.6 Å². The third-order valence-corrected chi connectivity index (χ3v) is 7.24. The number of anilines is 1. The average Bonchev–Trinajstić information content (AvgIpc) is 3.26. The van der Waals surface area contributed by atoms with E-state index < -0.39 is 0 Å². The maximum absolute atomic E-state index is 13.8. The molecule has 0 saturated carbocycles. The zero-order valence-corrected chi connectivity index (χ0v) is 25.3. The first-order chi connectivity index (χ1) is 18.3. The largest absolute Gasteiger partial charge is 0.378 e. The third-order valence-electron chi connectivity index (χ3n) is 7.24. The molecule has 2 amide bonds. The lowest BCUT2D eigenvalue weighted by atomic mass is 9.84. The van der Waals surface area contributed by atoms with Gasteiger partial charge in [0.15, 0.2) is 0 Å². The molecule has 0 bridgehead atoms. The highest BCUT2D eigenvalue weighted by atomic mass is 16.2. The van der Waals surface area contributed by atoms with Gasteiger partial charge >= 0.3 is 0 Å². The monoisotopic (exact) mass is 532 g/mol. The van der Waals surface area contributed by atoms with Crippen molar-refractivity contribution in [3.8, 4) is 0 Å². The van der Waals surface area contributed by atoms with Gasteiger partial charge in [0.05, 0.1) is 6.54 Å². The smallest absolute Gasteiger partial charge is 0.242 e. The SMILES string of the molecule is CC(CC(=O)N(CC(=O)N(CCc1c[nH]c2ccccc12)Cc1ccc(N(C)C)cc1)C(C)C)CC(C)(C)C. The number of rotatable bonds is 12. The van der Waals surface area contributed by atoms with Gasteiger partial charge in [-0.15, -0.1) is 0 Å². The molecule has 1 N–H and O–H groups in total. The Balaban J connectivity index is 1.77. The molecule has 1 atom stereocenters. The Morgan fingerprint density at radius 3 is 2.21 bits per heavy atom. The van der Waals surface area contributed by atoms with Gasteiger partial charge in [-0.1, -0.05) is 58.0 Å². The predicted molar refractivity (Wildman–Crippen MR) is 163 cm³/mol. The topological polar surface area (TPSA) is 59.7 Å². The van der Waals surface area contributed by atoms with Gasteiger partial charge in [-0.3, -0.25) is 9.59 Å². The standard InChI is InChI=1S/C33H48N4O2/c1-24(2)37(31(38)19-25(3)20-33(4,5)6)23-32(39)36(22-26-13-15-28(16-14-26)35(7)8)18-17-27-21-34-30-12-10-9-11-29(27)30/h9-16,21,24-25,34H,17-20,22-23H2,1-8H3. The van der Waals surface area contributed by atoms with Crippen LogP contribution in [0.1, 0.15) is 65.5 Å². The zero-order chi connectivity index (χ0) is 28.7. The minimum absolute atomic E-state index is 0.0166. The molecule has 3 rings (SSSR count). The summed E-state index contributed by atoms with van der Waals surface area (Å²) in [6.07, 6.45) is 4.21. The molecule has 1 aromatic heterocycles. The molecule has 39 heavy (non-hydrogen) atoms. The summed E-state index contributed by atoms with van der Waals surface area (Å²) in [6, 6.07) is 16.5. The number of hydrogen-bond acceptors (Lipinski definition) is 3. The van der Waals surface area contributed by atoms with Crippen LogP contribution in [0.15, 0.2) is 54.7 Å². The maximum atomic E-state index is 13.8. The molecule has 0 aliphatic rings. The molecule has 6 heteroatoms. The molecule has 0 radical (unpaired) electrons. The Bertz CT molecular complexity index is 1220. The molecule has 0 spiro atoms. The summed E-state index contributed by atoms with van der Waals surface area (Å²) in [6.45, 7) is 13.9. The van der Waals surface area contributed by atoms with Crippen molar-refractivity contribution in [2.75, 3.05) is 32.1 Å². The van der Waals surface area contributed by atoms with Gasteiger partial charge in [0.2, 0.25) is 11.8 Å². The first-order valence-corrected chi connectivity index (χ1v) is 14.2. The molecule has 3 aromatic rings. The number of benzene rings is 2. The highest BCUT2D eigenvalue weighted by Crippen LogP contribution is 2.27. The molecule has 0 aliphatic carbocycles. The third kappa shape index (κ3) is 8.87. The van der Waals surface area contributed by atoms with E-state index >= 15 is 0 Å². The van der Waals surface area contributed by atoms with E-state index in [4.69, 9.17) is 0 Å². The van der Waals surface area contributed by atoms with Crippen LogP contribution in [0.25, 0.3) is 10.9 Å². The quantitative estimate of drug-likeness (QED) is 0.289. The molecule has 1 unspecified atom stereocenters. The van der Waals surface area contributed by atoms with Gasteiger partial charge in [0.25, 0.3) is 0 Å². The van der Waals surface area contributed by atoms with Gasteiger partial charge < -0.3 is 19.7 Å². The van der Waals surface area contributed by atoms with E-state index in [9.17, 15) is 9.59 Å². The van der Waals surface area contributed by atoms with Crippen LogP contribution in [0.4, 0.5) is 5.69 Å². The molecular weight excluding hydrogens is 484 g/mol. The Morgan fingerprint density at radius 2 is 1.59 bits per heavy atom. The van der Waals surface area contributed by atoms with E-state index in [2.05, 4.69) is 74.0 Å². The zero-order valence-electron chi connectivity index (χ0n) is 25.3. The Hall–Kier alpha value is -3.28. The summed E-state index contributed by atoms with van der Waals surface area (Å²) in [7, 11) is 4.04. The summed E-state index contributed by atoms with van der Waals surface area (Å²) < 4.78 is 0. The fourth-order valence-corrected chi connectivity index (χ4v) is 5.34. The Labute approximate surface area is 235 Å². The van der Waals surface area contributed by atoms with Crippen LogP contribution in [0.5, 0.6) is 0 Å². The second-order valence-electron chi connectivity index (χ2n) is 12.7. The van der Waals surface area contributed by atoms with Crippen molar-refractivity contribution in [2.45, 2.75) is 73.4 Å². The summed E-state index contributed by atoms with van der Waals surface area (Å²) in [4.78, 5) is 36.2. The first kappa shape index (κ1) is 30.3. The molecule has 0 saturated heterocycles. The van der Waals surface area contributed by atoms with Crippen molar-refractivity contribution < 1.29 is 9.59 Å². The summed E-state index contributed by atoms with van der Waals surface area (Å²) in [5, 5.41) is 1.19. The number of carbonyl (C=O) groups excluding carboxylic acids is 2. The van der Waals surface area contributed by atoms with Crippen LogP contribution < -0.4 is 4.90 Å². The molecular formula is C33H48N4O2. The van der Waals surface area contributed by atoms with Crippen molar-refractivity contribution in [2.24, 2.45) is 11.3 Å². The fourth-order valence-electron chi connectivity index (χ4n) is 5.34. The number of aromatic nitrogens is 1. The van der Waals surface area contributed by atoms with E-state index in [1.165, 1.54) is 10.9 Å². The molecule has 1 heterocycles. The number of carbonyl (C=O) groups is 2. The Morgan fingerprint density at radius 1 is 0.923 bits per heavy atom. The van der Waals surface area contributed by atoms with Crippen molar-refractivity contribution in [3.63, 3.8) is 0 Å². The fraction of sp³-hybridized carbons (Fsp3) is 0.515. The van der Waals surface area contributed by atoms with Gasteiger partial charge in [0, 0.05) is 62.4 Å². The highest BCUT2D eigenvalue weighted by molar-refractivity contribution is 5.86. The van der Waals surface area contributed by atoms with Crippen LogP contribution in [0.2, 0.25) is 0 Å². The van der Waals surface area contributed by atoms with Gasteiger partial charge in [-0.05, 0) is 67.3 Å². The lowest BCUT2D eigenvalue weighted by Gasteiger charge is -2.32. The van der Waals surface area contributed by atoms with Gasteiger partial charge in [-0.25, -0.2) is 0 Å². The molecule has 6 nitrogen and oxygen atoms in total. The second kappa shape index (κ2) is 13.2. The number of para-hydroxylation sites is 1. The Kier molecular flexibility index (Phi) is 10.2. The molecule has 0 fully saturated rings. The predicted octanol–water partition coefficient (Wildman–Crippen LogP) is 6.50. The van der Waals surface area contributed by atoms with Crippen LogP contribution in [-0.2, 0) is 22.6 Å². The minimum atomic E-state index is -0.0434. The maximum Gasteiger partial charge on any atom is 0.242 e. The number of nitrogens with zero attached hydrogens (tertiary/aromatic N) is 3. The number of nitrogens with one attached hydrogen (secondary N) is 1. The van der Waals surface area contributed by atoms with Crippen molar-refractivity contribution in [1.29, 1.82) is 0 Å². The number of hydrogen-bond donors (Lipinski definition) is 1. The number of fused-ring (bicyclic) bond motifs is 1. The van der Waals surface area contributed by atoms with Crippen molar-refractivity contribution in [3.05, 3.63) is 65.9 Å². The second-order valence-corrected chi connectivity index (χ2v) is 12.7. The van der Waals surface area contributed by atoms with E-state index in [-0.39, 0.29) is 35.7 Å². The lowest BCUT2D eigenvalue weighted by molar-refractivity contribution is -0.143. The van der Waals surface area contributed by atoms with Crippen LogP contribution in [0.3, 0.4) is 0 Å². The molecule has 0 aliphatic heterocycles. The summed E-state index contributed by atoms with van der Waals surface area (Å²) >= 11 is 0. The van der Waals surface area contributed by atoms with Crippen molar-refractivity contribution >= 4 is 28.4 Å². The summed E-state index contributed by atoms with van der Waals surface area (Å²) in [5.74, 6) is 0.307. The average molecular weight is 533 g/mol. The number of amides is 2. The normalized spacial score (nSPS) is 12.5. The van der Waals surface area contributed by atoms with Crippen molar-refractivity contribution in [1.82, 2.24) is 14.8 Å². The van der Waals surface area contributed by atoms with E-state index in [1.807, 2.05) is 51.2 Å². The first-order valence-electron chi connectivity index (χ1n) is 14.2. The summed E-state index contributed by atoms with van der Waals surface area (Å²) in [5.41, 5.74) is 4.66. The highest BCUT2D eigenvalue weighted by Gasteiger charge is 2.26. The molecule has 2 aromatic carbocycles. The van der Waals surface area contributed by atoms with Gasteiger partial charge in [0.1, 0.15) is 0 Å². The van der Waals surface area contributed by atoms with Crippen LogP contribution in [0, 0.1) is 11.3 Å². The lowest BCUT2D eigenvalue weighted by Crippen LogP contribution is -2.46. The van der Waals surface area contributed by atoms with Crippen LogP contribution >= 0.6 is 0 Å². The minimum Gasteiger partial charge on any atom is -0.378 e. The van der Waals surface area contributed by atoms with E-state index in [0.29, 0.717) is 19.5 Å². The number of aromatic amines is 1. The number of H-pyrrole nitrogens is 1. The molecule has 212 valence electrons. The van der Waals surface area contributed by atoms with Crippen LogP contribution in [-0.4, -0.2) is 59.8 Å². The van der Waals surface area contributed by atoms with E-state index in [1.54, 1.807) is 4.90 Å². The van der Waals surface area contributed by atoms with Gasteiger partial charge in [-0.2, -0.15) is 0 Å².